The van der Waals surface area contributed by atoms with E-state index in [4.69, 9.17) is 5.26 Å². The van der Waals surface area contributed by atoms with Crippen LogP contribution in [0.3, 0.4) is 0 Å². The maximum Gasteiger partial charge on any atom is 0.490 e. The highest BCUT2D eigenvalue weighted by Gasteiger charge is 2.38. The van der Waals surface area contributed by atoms with Gasteiger partial charge >= 0.3 is 7.12 Å². The Hall–Kier alpha value is -2.95. The van der Waals surface area contributed by atoms with Crippen LogP contribution in [0.25, 0.3) is 0 Å². The van der Waals surface area contributed by atoms with Gasteiger partial charge in [-0.15, -0.1) is 0 Å². The molecule has 0 spiro atoms. The molecule has 0 radical (unpaired) electrons. The fourth-order valence-electron chi connectivity index (χ4n) is 2.43. The Morgan fingerprint density at radius 2 is 1.59 bits per heavy atom. The monoisotopic (exact) mass is 292 g/mol. The zero-order valence-corrected chi connectivity index (χ0v) is 11.2. The van der Waals surface area contributed by atoms with E-state index in [1.165, 1.54) is 30.3 Å². The van der Waals surface area contributed by atoms with Crippen LogP contribution in [-0.2, 0) is 0 Å². The second-order valence-corrected chi connectivity index (χ2v) is 4.75. The molecule has 1 aliphatic heterocycles. The van der Waals surface area contributed by atoms with Crippen molar-refractivity contribution in [2.24, 2.45) is 0 Å². The number of nitrogens with zero attached hydrogens (tertiary/aromatic N) is 2. The van der Waals surface area contributed by atoms with E-state index in [0.717, 1.165) is 4.90 Å². The van der Waals surface area contributed by atoms with E-state index in [0.29, 0.717) is 0 Å². The van der Waals surface area contributed by atoms with Gasteiger partial charge in [-0.25, -0.2) is 4.90 Å². The average Bonchev–Trinajstić information content (AvgIpc) is 2.78. The minimum atomic E-state index is -1.87. The Bertz CT molecular complexity index is 807. The van der Waals surface area contributed by atoms with E-state index >= 15 is 0 Å². The summed E-state index contributed by atoms with van der Waals surface area (Å²) in [7, 11) is -1.87. The molecule has 3 rings (SSSR count). The van der Waals surface area contributed by atoms with Crippen molar-refractivity contribution in [2.45, 2.75) is 0 Å². The Balaban J connectivity index is 2.19. The fourth-order valence-corrected chi connectivity index (χ4v) is 2.43. The van der Waals surface area contributed by atoms with Crippen molar-refractivity contribution in [3.63, 3.8) is 0 Å². The first-order chi connectivity index (χ1) is 10.5. The van der Waals surface area contributed by atoms with Crippen LogP contribution >= 0.6 is 0 Å². The molecule has 2 aromatic rings. The summed E-state index contributed by atoms with van der Waals surface area (Å²) < 4.78 is 0. The average molecular weight is 292 g/mol. The number of anilines is 1. The first-order valence-corrected chi connectivity index (χ1v) is 6.42. The molecule has 7 heteroatoms. The largest absolute Gasteiger partial charge is 0.490 e. The third kappa shape index (κ3) is 1.99. The summed E-state index contributed by atoms with van der Waals surface area (Å²) in [6, 6.07) is 12.2. The number of hydrogen-bond acceptors (Lipinski definition) is 5. The van der Waals surface area contributed by atoms with Crippen molar-refractivity contribution < 1.29 is 19.6 Å². The summed E-state index contributed by atoms with van der Waals surface area (Å²) in [5.74, 6) is -1.12. The van der Waals surface area contributed by atoms with Gasteiger partial charge in [0.1, 0.15) is 0 Å². The molecule has 1 heterocycles. The molecule has 2 aromatic carbocycles. The minimum Gasteiger partial charge on any atom is -0.423 e. The van der Waals surface area contributed by atoms with Crippen molar-refractivity contribution in [1.29, 1.82) is 5.26 Å². The lowest BCUT2D eigenvalue weighted by atomic mass is 9.78. The van der Waals surface area contributed by atoms with Gasteiger partial charge in [-0.3, -0.25) is 9.59 Å². The van der Waals surface area contributed by atoms with E-state index in [9.17, 15) is 19.6 Å². The van der Waals surface area contributed by atoms with E-state index < -0.39 is 18.9 Å². The quantitative estimate of drug-likeness (QED) is 0.601. The lowest BCUT2D eigenvalue weighted by Gasteiger charge is -2.18. The van der Waals surface area contributed by atoms with Crippen LogP contribution in [-0.4, -0.2) is 29.0 Å². The molecule has 0 aliphatic carbocycles. The predicted octanol–water partition coefficient (Wildman–Crippen LogP) is 0.0387. The van der Waals surface area contributed by atoms with Crippen molar-refractivity contribution in [3.05, 3.63) is 59.2 Å². The van der Waals surface area contributed by atoms with Crippen LogP contribution in [0.1, 0.15) is 26.3 Å². The molecule has 0 unspecified atom stereocenters. The SMILES string of the molecule is N#Cc1ccc(B(O)O)c(N2C(=O)c3ccccc3C2=O)c1. The third-order valence-electron chi connectivity index (χ3n) is 3.47. The second kappa shape index (κ2) is 5.11. The van der Waals surface area contributed by atoms with Gasteiger partial charge in [0.25, 0.3) is 11.8 Å². The Morgan fingerprint density at radius 3 is 2.09 bits per heavy atom. The van der Waals surface area contributed by atoms with E-state index in [1.54, 1.807) is 12.1 Å². The predicted molar refractivity (Wildman–Crippen MR) is 78.6 cm³/mol. The molecule has 0 atom stereocenters. The Labute approximate surface area is 126 Å². The second-order valence-electron chi connectivity index (χ2n) is 4.75. The number of carbonyl (C=O) groups excluding carboxylic acids is 2. The molecular weight excluding hydrogens is 283 g/mol. The lowest BCUT2D eigenvalue weighted by molar-refractivity contribution is 0.0926. The van der Waals surface area contributed by atoms with Gasteiger partial charge in [0.15, 0.2) is 0 Å². The van der Waals surface area contributed by atoms with Crippen LogP contribution < -0.4 is 10.4 Å². The summed E-state index contributed by atoms with van der Waals surface area (Å²) in [5.41, 5.74) is 0.672. The summed E-state index contributed by atoms with van der Waals surface area (Å²) in [4.78, 5) is 25.7. The summed E-state index contributed by atoms with van der Waals surface area (Å²) in [5, 5.41) is 27.9. The molecule has 2 N–H and O–H groups in total. The number of rotatable bonds is 2. The molecular formula is C15H9BN2O4. The molecule has 22 heavy (non-hydrogen) atoms. The van der Waals surface area contributed by atoms with Crippen LogP contribution in [0.15, 0.2) is 42.5 Å². The van der Waals surface area contributed by atoms with Crippen molar-refractivity contribution in [1.82, 2.24) is 0 Å². The maximum atomic E-state index is 12.4. The molecule has 0 saturated carbocycles. The number of fused-ring (bicyclic) bond motifs is 1. The van der Waals surface area contributed by atoms with Crippen molar-refractivity contribution in [2.75, 3.05) is 4.90 Å². The molecule has 106 valence electrons. The van der Waals surface area contributed by atoms with Gasteiger partial charge < -0.3 is 10.0 Å². The number of carbonyl (C=O) groups is 2. The fraction of sp³-hybridized carbons (Fsp3) is 0. The zero-order valence-electron chi connectivity index (χ0n) is 11.2. The van der Waals surface area contributed by atoms with Gasteiger partial charge in [-0.2, -0.15) is 5.26 Å². The Kier molecular flexibility index (Phi) is 3.26. The van der Waals surface area contributed by atoms with Gasteiger partial charge in [-0.1, -0.05) is 18.2 Å². The standard InChI is InChI=1S/C15H9BN2O4/c17-8-9-5-6-12(16(21)22)13(7-9)18-14(19)10-3-1-2-4-11(10)15(18)20/h1-7,21-22H. The smallest absolute Gasteiger partial charge is 0.423 e. The van der Waals surface area contributed by atoms with Crippen molar-refractivity contribution >= 4 is 30.1 Å². The molecule has 0 fully saturated rings. The first-order valence-electron chi connectivity index (χ1n) is 6.42. The number of hydrogen-bond donors (Lipinski definition) is 2. The number of nitriles is 1. The number of benzene rings is 2. The van der Waals surface area contributed by atoms with Crippen LogP contribution in [0.2, 0.25) is 0 Å². The molecule has 0 bridgehead atoms. The molecule has 0 aromatic heterocycles. The highest BCUT2D eigenvalue weighted by atomic mass is 16.4. The van der Waals surface area contributed by atoms with Gasteiger partial charge in [0.05, 0.1) is 28.4 Å². The number of imide groups is 1. The normalized spacial score (nSPS) is 13.0. The Morgan fingerprint density at radius 1 is 1.00 bits per heavy atom. The topological polar surface area (TPSA) is 102 Å². The zero-order chi connectivity index (χ0) is 15.9. The molecule has 0 saturated heterocycles. The third-order valence-corrected chi connectivity index (χ3v) is 3.47. The van der Waals surface area contributed by atoms with E-state index in [1.807, 2.05) is 6.07 Å². The summed E-state index contributed by atoms with van der Waals surface area (Å²) in [6.07, 6.45) is 0. The lowest BCUT2D eigenvalue weighted by Crippen LogP contribution is -2.40. The highest BCUT2D eigenvalue weighted by molar-refractivity contribution is 6.61. The molecule has 1 aliphatic rings. The van der Waals surface area contributed by atoms with Crippen LogP contribution in [0.5, 0.6) is 0 Å². The minimum absolute atomic E-state index is 0.000231. The van der Waals surface area contributed by atoms with E-state index in [-0.39, 0.29) is 27.8 Å². The first kappa shape index (κ1) is 14.0. The van der Waals surface area contributed by atoms with Gasteiger partial charge in [0.2, 0.25) is 0 Å². The maximum absolute atomic E-state index is 12.4. The van der Waals surface area contributed by atoms with Crippen LogP contribution in [0, 0.1) is 11.3 Å². The van der Waals surface area contributed by atoms with Gasteiger partial charge in [-0.05, 0) is 24.3 Å². The summed E-state index contributed by atoms with van der Waals surface area (Å²) in [6.45, 7) is 0. The van der Waals surface area contributed by atoms with Crippen LogP contribution in [0.4, 0.5) is 5.69 Å². The molecule has 6 nitrogen and oxygen atoms in total. The number of amides is 2. The van der Waals surface area contributed by atoms with E-state index in [2.05, 4.69) is 0 Å². The van der Waals surface area contributed by atoms with Gasteiger partial charge in [0, 0.05) is 5.46 Å². The molecule has 2 amide bonds. The highest BCUT2D eigenvalue weighted by Crippen LogP contribution is 2.27. The summed E-state index contributed by atoms with van der Waals surface area (Å²) >= 11 is 0. The van der Waals surface area contributed by atoms with Crippen molar-refractivity contribution in [3.8, 4) is 6.07 Å².